The van der Waals surface area contributed by atoms with Crippen LogP contribution in [0.4, 0.5) is 0 Å². The lowest BCUT2D eigenvalue weighted by Gasteiger charge is -2.69. The summed E-state index contributed by atoms with van der Waals surface area (Å²) in [7, 11) is 1.83. The number of carbonyl (C=O) groups excluding carboxylic acids is 1. The molecule has 106 valence electrons. The quantitative estimate of drug-likeness (QED) is 0.924. The van der Waals surface area contributed by atoms with Gasteiger partial charge in [-0.3, -0.25) is 4.79 Å². The van der Waals surface area contributed by atoms with Crippen molar-refractivity contribution in [3.8, 4) is 6.07 Å². The molecule has 21 heavy (non-hydrogen) atoms. The maximum Gasteiger partial charge on any atom is 0.270 e. The SMILES string of the molecule is CN(C(=O)c1cc2cccc(Cl)c2[nH]1)C12CC(C#N)(C1)C2. The zero-order chi connectivity index (χ0) is 14.8. The van der Waals surface area contributed by atoms with E-state index < -0.39 is 0 Å². The minimum Gasteiger partial charge on any atom is -0.349 e. The number of nitrogens with one attached hydrogen (secondary N) is 1. The molecule has 0 aliphatic heterocycles. The lowest BCUT2D eigenvalue weighted by Crippen LogP contribution is -2.74. The van der Waals surface area contributed by atoms with Crippen LogP contribution in [0.5, 0.6) is 0 Å². The zero-order valence-corrected chi connectivity index (χ0v) is 12.4. The Kier molecular flexibility index (Phi) is 2.31. The summed E-state index contributed by atoms with van der Waals surface area (Å²) in [6.45, 7) is 0. The van der Waals surface area contributed by atoms with Gasteiger partial charge in [-0.1, -0.05) is 23.7 Å². The molecule has 3 fully saturated rings. The predicted molar refractivity (Wildman–Crippen MR) is 80.0 cm³/mol. The number of hydrogen-bond acceptors (Lipinski definition) is 2. The number of benzene rings is 1. The highest BCUT2D eigenvalue weighted by molar-refractivity contribution is 6.35. The molecule has 0 atom stereocenters. The second-order valence-electron chi connectivity index (χ2n) is 6.40. The number of aromatic amines is 1. The van der Waals surface area contributed by atoms with Crippen molar-refractivity contribution in [2.24, 2.45) is 5.41 Å². The van der Waals surface area contributed by atoms with E-state index in [-0.39, 0.29) is 16.9 Å². The van der Waals surface area contributed by atoms with Gasteiger partial charge in [-0.25, -0.2) is 0 Å². The number of rotatable bonds is 2. The third-order valence-corrected chi connectivity index (χ3v) is 5.41. The summed E-state index contributed by atoms with van der Waals surface area (Å²) in [5, 5.41) is 10.6. The van der Waals surface area contributed by atoms with Crippen molar-refractivity contribution in [1.29, 1.82) is 5.26 Å². The molecule has 0 spiro atoms. The predicted octanol–water partition coefficient (Wildman–Crippen LogP) is 3.34. The fourth-order valence-corrected chi connectivity index (χ4v) is 4.07. The lowest BCUT2D eigenvalue weighted by atomic mass is 9.39. The van der Waals surface area contributed by atoms with E-state index in [2.05, 4.69) is 11.1 Å². The number of H-pyrrole nitrogens is 1. The van der Waals surface area contributed by atoms with E-state index >= 15 is 0 Å². The number of carbonyl (C=O) groups is 1. The van der Waals surface area contributed by atoms with E-state index in [1.165, 1.54) is 0 Å². The fourth-order valence-electron chi connectivity index (χ4n) is 3.84. The van der Waals surface area contributed by atoms with E-state index in [9.17, 15) is 4.79 Å². The molecule has 1 N–H and O–H groups in total. The number of halogens is 1. The van der Waals surface area contributed by atoms with Gasteiger partial charge in [0.05, 0.1) is 22.0 Å². The van der Waals surface area contributed by atoms with Crippen LogP contribution in [0.3, 0.4) is 0 Å². The van der Waals surface area contributed by atoms with Gasteiger partial charge in [0.15, 0.2) is 0 Å². The smallest absolute Gasteiger partial charge is 0.270 e. The second kappa shape index (κ2) is 3.80. The molecule has 2 bridgehead atoms. The van der Waals surface area contributed by atoms with Gasteiger partial charge in [0.25, 0.3) is 5.91 Å². The van der Waals surface area contributed by atoms with Crippen LogP contribution in [-0.2, 0) is 0 Å². The first kappa shape index (κ1) is 12.7. The molecule has 3 saturated carbocycles. The van der Waals surface area contributed by atoms with Crippen molar-refractivity contribution in [2.75, 3.05) is 7.05 Å². The van der Waals surface area contributed by atoms with E-state index in [4.69, 9.17) is 16.9 Å². The van der Waals surface area contributed by atoms with Crippen LogP contribution in [0.1, 0.15) is 29.8 Å². The van der Waals surface area contributed by atoms with Gasteiger partial charge in [-0.05, 0) is 31.4 Å². The van der Waals surface area contributed by atoms with Gasteiger partial charge in [0.2, 0.25) is 0 Å². The zero-order valence-electron chi connectivity index (χ0n) is 11.6. The number of aromatic nitrogens is 1. The highest BCUT2D eigenvalue weighted by Crippen LogP contribution is 2.69. The van der Waals surface area contributed by atoms with Crippen LogP contribution >= 0.6 is 11.6 Å². The van der Waals surface area contributed by atoms with Crippen LogP contribution in [0.2, 0.25) is 5.02 Å². The van der Waals surface area contributed by atoms with Gasteiger partial charge < -0.3 is 9.88 Å². The third kappa shape index (κ3) is 1.53. The number of fused-ring (bicyclic) bond motifs is 1. The van der Waals surface area contributed by atoms with Crippen LogP contribution < -0.4 is 0 Å². The molecule has 1 amide bonds. The Hall–Kier alpha value is -1.99. The minimum atomic E-state index is -0.154. The van der Waals surface area contributed by atoms with Gasteiger partial charge in [0, 0.05) is 18.0 Å². The molecule has 1 heterocycles. The Balaban J connectivity index is 1.63. The average molecular weight is 300 g/mol. The monoisotopic (exact) mass is 299 g/mol. The van der Waals surface area contributed by atoms with Gasteiger partial charge >= 0.3 is 0 Å². The maximum atomic E-state index is 12.7. The maximum absolute atomic E-state index is 12.7. The number of nitriles is 1. The molecule has 1 aromatic heterocycles. The molecule has 3 aliphatic carbocycles. The Morgan fingerprint density at radius 3 is 2.76 bits per heavy atom. The van der Waals surface area contributed by atoms with E-state index in [0.717, 1.165) is 30.2 Å². The molecule has 5 rings (SSSR count). The first-order chi connectivity index (χ1) is 9.99. The Labute approximate surface area is 127 Å². The standard InChI is InChI=1S/C16H14ClN3O/c1-20(16-6-15(7-16,8-16)9-18)14(21)12-5-10-3-2-4-11(17)13(10)19-12/h2-5,19H,6-8H2,1H3. The highest BCUT2D eigenvalue weighted by atomic mass is 35.5. The summed E-state index contributed by atoms with van der Waals surface area (Å²) in [6.07, 6.45) is 2.42. The van der Waals surface area contributed by atoms with Crippen molar-refractivity contribution < 1.29 is 4.79 Å². The lowest BCUT2D eigenvalue weighted by molar-refractivity contribution is -0.161. The molecule has 3 aliphatic rings. The fraction of sp³-hybridized carbons (Fsp3) is 0.375. The highest BCUT2D eigenvalue weighted by Gasteiger charge is 2.71. The first-order valence-corrected chi connectivity index (χ1v) is 7.33. The molecular weight excluding hydrogens is 286 g/mol. The van der Waals surface area contributed by atoms with Crippen molar-refractivity contribution in [3.05, 3.63) is 35.0 Å². The first-order valence-electron chi connectivity index (χ1n) is 6.95. The van der Waals surface area contributed by atoms with Crippen molar-refractivity contribution in [1.82, 2.24) is 9.88 Å². The summed E-state index contributed by atoms with van der Waals surface area (Å²) in [5.74, 6) is -0.0338. The van der Waals surface area contributed by atoms with Crippen molar-refractivity contribution in [3.63, 3.8) is 0 Å². The summed E-state index contributed by atoms with van der Waals surface area (Å²) in [5.41, 5.74) is 1.09. The van der Waals surface area contributed by atoms with Gasteiger partial charge in [-0.2, -0.15) is 5.26 Å². The number of amides is 1. The Bertz CT molecular complexity index is 797. The van der Waals surface area contributed by atoms with Crippen LogP contribution in [0, 0.1) is 16.7 Å². The molecule has 0 saturated heterocycles. The third-order valence-electron chi connectivity index (χ3n) is 5.09. The Morgan fingerprint density at radius 2 is 2.14 bits per heavy atom. The van der Waals surface area contributed by atoms with Gasteiger partial charge in [0.1, 0.15) is 5.69 Å². The number of hydrogen-bond donors (Lipinski definition) is 1. The molecule has 2 aromatic rings. The van der Waals surface area contributed by atoms with Crippen LogP contribution in [-0.4, -0.2) is 28.4 Å². The second-order valence-corrected chi connectivity index (χ2v) is 6.81. The summed E-state index contributed by atoms with van der Waals surface area (Å²) < 4.78 is 0. The molecule has 0 unspecified atom stereocenters. The largest absolute Gasteiger partial charge is 0.349 e. The summed E-state index contributed by atoms with van der Waals surface area (Å²) >= 11 is 6.14. The van der Waals surface area contributed by atoms with Crippen LogP contribution in [0.15, 0.2) is 24.3 Å². The average Bonchev–Trinajstić information content (AvgIpc) is 2.80. The van der Waals surface area contributed by atoms with E-state index in [1.807, 2.05) is 25.2 Å². The molecule has 5 heteroatoms. The molecular formula is C16H14ClN3O. The summed E-state index contributed by atoms with van der Waals surface area (Å²) in [6, 6.07) is 9.81. The molecule has 0 radical (unpaired) electrons. The van der Waals surface area contributed by atoms with Crippen molar-refractivity contribution >= 4 is 28.4 Å². The Morgan fingerprint density at radius 1 is 1.43 bits per heavy atom. The topological polar surface area (TPSA) is 59.9 Å². The van der Waals surface area contributed by atoms with Crippen LogP contribution in [0.25, 0.3) is 10.9 Å². The van der Waals surface area contributed by atoms with E-state index in [0.29, 0.717) is 10.7 Å². The molecule has 4 nitrogen and oxygen atoms in total. The van der Waals surface area contributed by atoms with E-state index in [1.54, 1.807) is 11.0 Å². The van der Waals surface area contributed by atoms with Crippen molar-refractivity contribution in [2.45, 2.75) is 24.8 Å². The normalized spacial score (nSPS) is 29.4. The minimum absolute atomic E-state index is 0.0338. The number of nitrogens with zero attached hydrogens (tertiary/aromatic N) is 2. The molecule has 1 aromatic carbocycles. The van der Waals surface area contributed by atoms with Gasteiger partial charge in [-0.15, -0.1) is 0 Å². The number of para-hydroxylation sites is 1. The summed E-state index contributed by atoms with van der Waals surface area (Å²) in [4.78, 5) is 17.6.